The predicted molar refractivity (Wildman–Crippen MR) is 119 cm³/mol. The summed E-state index contributed by atoms with van der Waals surface area (Å²) in [5, 5.41) is 20.8. The number of rotatable bonds is 9. The first-order valence-corrected chi connectivity index (χ1v) is 10.7. The number of anilines is 1. The number of nitrogens with one attached hydrogen (secondary N) is 2. The molecule has 2 aromatic carbocycles. The number of amides is 1. The number of hydrogen-bond acceptors (Lipinski definition) is 7. The Morgan fingerprint density at radius 1 is 1.29 bits per heavy atom. The van der Waals surface area contributed by atoms with Crippen molar-refractivity contribution in [3.8, 4) is 5.75 Å². The van der Waals surface area contributed by atoms with Gasteiger partial charge in [0.1, 0.15) is 12.4 Å². The smallest absolute Gasteiger partial charge is 0.271 e. The van der Waals surface area contributed by atoms with Gasteiger partial charge < -0.3 is 10.1 Å². The summed E-state index contributed by atoms with van der Waals surface area (Å²) < 4.78 is 5.70. The van der Waals surface area contributed by atoms with E-state index in [9.17, 15) is 14.9 Å². The molecule has 0 aliphatic carbocycles. The highest BCUT2D eigenvalue weighted by molar-refractivity contribution is 7.99. The molecule has 1 heterocycles. The second-order valence-corrected chi connectivity index (χ2v) is 8.18. The van der Waals surface area contributed by atoms with Crippen molar-refractivity contribution >= 4 is 40.6 Å². The quantitative estimate of drug-likeness (QED) is 0.266. The molecule has 0 atom stereocenters. The van der Waals surface area contributed by atoms with Crippen LogP contribution in [-0.4, -0.2) is 31.8 Å². The molecule has 0 saturated heterocycles. The third-order valence-corrected chi connectivity index (χ3v) is 5.38. The number of H-pyrrole nitrogens is 1. The molecule has 162 valence electrons. The first-order chi connectivity index (χ1) is 14.8. The van der Waals surface area contributed by atoms with Gasteiger partial charge in [0.15, 0.2) is 5.82 Å². The largest absolute Gasteiger partial charge is 0.486 e. The zero-order valence-electron chi connectivity index (χ0n) is 16.8. The highest BCUT2D eigenvalue weighted by Crippen LogP contribution is 2.27. The SMILES string of the molecule is CC(C)c1ccc(OCc2nc(SCC(=O)Nc3cc([N+](=O)[O-])ccc3Cl)n[nH]2)cc1. The summed E-state index contributed by atoms with van der Waals surface area (Å²) in [6, 6.07) is 11.7. The lowest BCUT2D eigenvalue weighted by Gasteiger charge is -2.07. The number of thioether (sulfide) groups is 1. The minimum absolute atomic E-state index is 0.00777. The normalized spacial score (nSPS) is 10.8. The Morgan fingerprint density at radius 2 is 2.03 bits per heavy atom. The van der Waals surface area contributed by atoms with E-state index >= 15 is 0 Å². The second kappa shape index (κ2) is 10.3. The number of aromatic amines is 1. The van der Waals surface area contributed by atoms with Crippen LogP contribution in [0.25, 0.3) is 0 Å². The third kappa shape index (κ3) is 6.43. The van der Waals surface area contributed by atoms with Crippen molar-refractivity contribution in [3.63, 3.8) is 0 Å². The number of non-ortho nitro benzene ring substituents is 1. The van der Waals surface area contributed by atoms with Crippen LogP contribution in [0.5, 0.6) is 5.75 Å². The number of nitro benzene ring substituents is 1. The molecule has 0 spiro atoms. The molecule has 0 unspecified atom stereocenters. The molecule has 31 heavy (non-hydrogen) atoms. The van der Waals surface area contributed by atoms with Crippen LogP contribution in [0, 0.1) is 10.1 Å². The number of carbonyl (C=O) groups excluding carboxylic acids is 1. The third-order valence-electron chi connectivity index (χ3n) is 4.20. The van der Waals surface area contributed by atoms with Crippen molar-refractivity contribution < 1.29 is 14.5 Å². The summed E-state index contributed by atoms with van der Waals surface area (Å²) in [5.74, 6) is 1.32. The van der Waals surface area contributed by atoms with Crippen molar-refractivity contribution in [3.05, 3.63) is 69.0 Å². The fraction of sp³-hybridized carbons (Fsp3) is 0.250. The maximum absolute atomic E-state index is 12.2. The number of nitrogens with zero attached hydrogens (tertiary/aromatic N) is 3. The van der Waals surface area contributed by atoms with Gasteiger partial charge in [-0.2, -0.15) is 0 Å². The number of nitro groups is 1. The summed E-state index contributed by atoms with van der Waals surface area (Å²) in [4.78, 5) is 26.7. The molecule has 0 aliphatic rings. The van der Waals surface area contributed by atoms with E-state index in [-0.39, 0.29) is 34.7 Å². The van der Waals surface area contributed by atoms with Crippen molar-refractivity contribution in [1.29, 1.82) is 0 Å². The van der Waals surface area contributed by atoms with Crippen molar-refractivity contribution in [2.45, 2.75) is 31.5 Å². The van der Waals surface area contributed by atoms with Crippen LogP contribution >= 0.6 is 23.4 Å². The molecular weight excluding hydrogens is 442 g/mol. The van der Waals surface area contributed by atoms with E-state index in [0.29, 0.717) is 16.9 Å². The molecule has 0 fully saturated rings. The maximum Gasteiger partial charge on any atom is 0.271 e. The predicted octanol–water partition coefficient (Wildman–Crippen LogP) is 4.80. The molecule has 0 radical (unpaired) electrons. The van der Waals surface area contributed by atoms with Gasteiger partial charge in [-0.3, -0.25) is 20.0 Å². The Kier molecular flexibility index (Phi) is 7.48. The average Bonchev–Trinajstić information content (AvgIpc) is 3.20. The lowest BCUT2D eigenvalue weighted by atomic mass is 10.0. The molecule has 1 amide bonds. The average molecular weight is 462 g/mol. The Bertz CT molecular complexity index is 1070. The van der Waals surface area contributed by atoms with Gasteiger partial charge in [0.2, 0.25) is 11.1 Å². The molecule has 3 rings (SSSR count). The summed E-state index contributed by atoms with van der Waals surface area (Å²) >= 11 is 7.10. The number of ether oxygens (including phenoxy) is 1. The van der Waals surface area contributed by atoms with Crippen molar-refractivity contribution in [2.75, 3.05) is 11.1 Å². The van der Waals surface area contributed by atoms with Crippen LogP contribution in [0.2, 0.25) is 5.02 Å². The molecule has 0 bridgehead atoms. The molecule has 2 N–H and O–H groups in total. The first kappa shape index (κ1) is 22.6. The number of hydrogen-bond donors (Lipinski definition) is 2. The van der Waals surface area contributed by atoms with E-state index in [0.717, 1.165) is 17.5 Å². The Labute approximate surface area is 187 Å². The minimum atomic E-state index is -0.559. The maximum atomic E-state index is 12.2. The summed E-state index contributed by atoms with van der Waals surface area (Å²) in [5.41, 5.74) is 1.24. The van der Waals surface area contributed by atoms with Gasteiger partial charge in [0, 0.05) is 12.1 Å². The minimum Gasteiger partial charge on any atom is -0.486 e. The van der Waals surface area contributed by atoms with E-state index in [4.69, 9.17) is 16.3 Å². The molecule has 3 aromatic rings. The van der Waals surface area contributed by atoms with E-state index in [1.165, 1.54) is 23.8 Å². The lowest BCUT2D eigenvalue weighted by Crippen LogP contribution is -2.14. The standard InChI is InChI=1S/C20H20ClN5O4S/c1-12(2)13-3-6-15(7-4-13)30-10-18-23-20(25-24-18)31-11-19(27)22-17-9-14(26(28)29)5-8-16(17)21/h3-9,12H,10-11H2,1-2H3,(H,22,27)(H,23,24,25). The topological polar surface area (TPSA) is 123 Å². The molecule has 1 aromatic heterocycles. The number of aromatic nitrogens is 3. The van der Waals surface area contributed by atoms with Gasteiger partial charge >= 0.3 is 0 Å². The van der Waals surface area contributed by atoms with Gasteiger partial charge in [0.25, 0.3) is 5.69 Å². The monoisotopic (exact) mass is 461 g/mol. The molecular formula is C20H20ClN5O4S. The van der Waals surface area contributed by atoms with Crippen LogP contribution < -0.4 is 10.1 Å². The second-order valence-electron chi connectivity index (χ2n) is 6.84. The van der Waals surface area contributed by atoms with Gasteiger partial charge in [-0.05, 0) is 29.7 Å². The lowest BCUT2D eigenvalue weighted by molar-refractivity contribution is -0.384. The molecule has 9 nitrogen and oxygen atoms in total. The molecule has 0 aliphatic heterocycles. The summed E-state index contributed by atoms with van der Waals surface area (Å²) in [6.45, 7) is 4.47. The van der Waals surface area contributed by atoms with Crippen LogP contribution in [-0.2, 0) is 11.4 Å². The highest BCUT2D eigenvalue weighted by atomic mass is 35.5. The zero-order valence-corrected chi connectivity index (χ0v) is 18.4. The van der Waals surface area contributed by atoms with Gasteiger partial charge in [-0.15, -0.1) is 5.10 Å². The van der Waals surface area contributed by atoms with Crippen molar-refractivity contribution in [2.24, 2.45) is 0 Å². The van der Waals surface area contributed by atoms with Gasteiger partial charge in [-0.1, -0.05) is 49.3 Å². The molecule has 0 saturated carbocycles. The van der Waals surface area contributed by atoms with Crippen molar-refractivity contribution in [1.82, 2.24) is 15.2 Å². The van der Waals surface area contributed by atoms with Gasteiger partial charge in [-0.25, -0.2) is 4.98 Å². The van der Waals surface area contributed by atoms with Crippen LogP contribution in [0.15, 0.2) is 47.6 Å². The summed E-state index contributed by atoms with van der Waals surface area (Å²) in [7, 11) is 0. The highest BCUT2D eigenvalue weighted by Gasteiger charge is 2.13. The molecule has 11 heteroatoms. The zero-order chi connectivity index (χ0) is 22.4. The number of benzene rings is 2. The van der Waals surface area contributed by atoms with E-state index in [1.54, 1.807) is 0 Å². The fourth-order valence-corrected chi connectivity index (χ4v) is 3.33. The first-order valence-electron chi connectivity index (χ1n) is 9.32. The number of halogens is 1. The Balaban J connectivity index is 1.49. The van der Waals surface area contributed by atoms with Crippen LogP contribution in [0.3, 0.4) is 0 Å². The number of carbonyl (C=O) groups is 1. The van der Waals surface area contributed by atoms with E-state index in [1.807, 2.05) is 24.3 Å². The van der Waals surface area contributed by atoms with Crippen LogP contribution in [0.4, 0.5) is 11.4 Å². The fourth-order valence-electron chi connectivity index (χ4n) is 2.55. The Hall–Kier alpha value is -3.11. The van der Waals surface area contributed by atoms with E-state index in [2.05, 4.69) is 34.3 Å². The van der Waals surface area contributed by atoms with E-state index < -0.39 is 4.92 Å². The Morgan fingerprint density at radius 3 is 2.71 bits per heavy atom. The summed E-state index contributed by atoms with van der Waals surface area (Å²) in [6.07, 6.45) is 0. The van der Waals surface area contributed by atoms with Crippen LogP contribution in [0.1, 0.15) is 31.2 Å². The van der Waals surface area contributed by atoms with Gasteiger partial charge in [0.05, 0.1) is 21.4 Å².